The van der Waals surface area contributed by atoms with Crippen LogP contribution in [-0.4, -0.2) is 30.3 Å². The van der Waals surface area contributed by atoms with Crippen LogP contribution < -0.4 is 15.0 Å². The first-order valence-electron chi connectivity index (χ1n) is 6.08. The van der Waals surface area contributed by atoms with E-state index in [1.54, 1.807) is 19.1 Å². The van der Waals surface area contributed by atoms with E-state index in [0.29, 0.717) is 34.4 Å². The fourth-order valence-corrected chi connectivity index (χ4v) is 2.35. The topological polar surface area (TPSA) is 88.6 Å². The van der Waals surface area contributed by atoms with Gasteiger partial charge < -0.3 is 19.6 Å². The van der Waals surface area contributed by atoms with Crippen LogP contribution in [0.15, 0.2) is 16.9 Å². The van der Waals surface area contributed by atoms with Crippen molar-refractivity contribution in [2.24, 2.45) is 0 Å². The van der Waals surface area contributed by atoms with Crippen molar-refractivity contribution in [2.75, 3.05) is 14.2 Å². The number of aromatic nitrogens is 1. The van der Waals surface area contributed by atoms with Crippen LogP contribution in [0, 0.1) is 0 Å². The smallest absolute Gasteiger partial charge is 0.341 e. The minimum Gasteiger partial charge on any atom is -0.496 e. The maximum absolute atomic E-state index is 12.0. The first-order chi connectivity index (χ1) is 9.54. The number of hydrogen-bond donors (Lipinski definition) is 2. The Morgan fingerprint density at radius 1 is 1.25 bits per heavy atom. The molecule has 106 valence electrons. The number of pyridine rings is 1. The molecular formula is C14H15NO5. The molecule has 6 heteroatoms. The number of benzene rings is 1. The van der Waals surface area contributed by atoms with Gasteiger partial charge in [0.15, 0.2) is 0 Å². The van der Waals surface area contributed by atoms with Crippen LogP contribution in [0.5, 0.6) is 11.5 Å². The van der Waals surface area contributed by atoms with Gasteiger partial charge in [-0.3, -0.25) is 4.79 Å². The van der Waals surface area contributed by atoms with Gasteiger partial charge in [-0.05, 0) is 24.1 Å². The fraction of sp³-hybridized carbons (Fsp3) is 0.286. The van der Waals surface area contributed by atoms with Crippen molar-refractivity contribution in [1.29, 1.82) is 0 Å². The number of carbonyl (C=O) groups is 1. The lowest BCUT2D eigenvalue weighted by Gasteiger charge is -2.14. The highest BCUT2D eigenvalue weighted by Gasteiger charge is 2.21. The molecule has 0 aliphatic rings. The molecule has 0 unspecified atom stereocenters. The van der Waals surface area contributed by atoms with Gasteiger partial charge in [-0.1, -0.05) is 6.92 Å². The molecule has 0 saturated heterocycles. The Hall–Kier alpha value is -2.50. The molecule has 2 rings (SSSR count). The van der Waals surface area contributed by atoms with Crippen LogP contribution >= 0.6 is 0 Å². The van der Waals surface area contributed by atoms with Gasteiger partial charge in [-0.2, -0.15) is 0 Å². The van der Waals surface area contributed by atoms with Crippen molar-refractivity contribution < 1.29 is 19.4 Å². The number of carboxylic acid groups (broad SMARTS) is 1. The van der Waals surface area contributed by atoms with Gasteiger partial charge >= 0.3 is 5.97 Å². The number of rotatable bonds is 4. The maximum Gasteiger partial charge on any atom is 0.341 e. The van der Waals surface area contributed by atoms with Gasteiger partial charge in [-0.25, -0.2) is 4.79 Å². The van der Waals surface area contributed by atoms with Gasteiger partial charge in [-0.15, -0.1) is 0 Å². The lowest BCUT2D eigenvalue weighted by molar-refractivity contribution is 0.0694. The molecule has 0 atom stereocenters. The van der Waals surface area contributed by atoms with Crippen LogP contribution in [-0.2, 0) is 6.42 Å². The molecule has 0 amide bonds. The summed E-state index contributed by atoms with van der Waals surface area (Å²) in [4.78, 5) is 25.9. The summed E-state index contributed by atoms with van der Waals surface area (Å²) in [6, 6.07) is 3.35. The summed E-state index contributed by atoms with van der Waals surface area (Å²) in [5.41, 5.74) is -0.0225. The van der Waals surface area contributed by atoms with Crippen LogP contribution in [0.3, 0.4) is 0 Å². The van der Waals surface area contributed by atoms with Gasteiger partial charge in [0, 0.05) is 5.39 Å². The highest BCUT2D eigenvalue weighted by atomic mass is 16.5. The van der Waals surface area contributed by atoms with E-state index < -0.39 is 11.5 Å². The molecule has 2 aromatic rings. The largest absolute Gasteiger partial charge is 0.496 e. The Bertz CT molecular complexity index is 732. The van der Waals surface area contributed by atoms with Crippen molar-refractivity contribution in [3.05, 3.63) is 33.6 Å². The predicted molar refractivity (Wildman–Crippen MR) is 74.0 cm³/mol. The van der Waals surface area contributed by atoms with Crippen LogP contribution in [0.1, 0.15) is 22.8 Å². The van der Waals surface area contributed by atoms with Crippen molar-refractivity contribution in [3.8, 4) is 11.5 Å². The zero-order valence-corrected chi connectivity index (χ0v) is 11.4. The van der Waals surface area contributed by atoms with Gasteiger partial charge in [0.25, 0.3) is 5.56 Å². The third-order valence-corrected chi connectivity index (χ3v) is 3.21. The highest BCUT2D eigenvalue weighted by molar-refractivity contribution is 6.00. The number of methoxy groups -OCH3 is 2. The summed E-state index contributed by atoms with van der Waals surface area (Å²) >= 11 is 0. The fourth-order valence-electron chi connectivity index (χ4n) is 2.35. The summed E-state index contributed by atoms with van der Waals surface area (Å²) in [7, 11) is 2.97. The molecule has 20 heavy (non-hydrogen) atoms. The quantitative estimate of drug-likeness (QED) is 0.889. The first kappa shape index (κ1) is 13.9. The lowest BCUT2D eigenvalue weighted by atomic mass is 10.00. The van der Waals surface area contributed by atoms with Gasteiger partial charge in [0.1, 0.15) is 17.1 Å². The molecule has 0 aliphatic heterocycles. The van der Waals surface area contributed by atoms with Crippen molar-refractivity contribution in [3.63, 3.8) is 0 Å². The molecule has 0 saturated carbocycles. The van der Waals surface area contributed by atoms with E-state index in [9.17, 15) is 14.7 Å². The number of hydrogen-bond acceptors (Lipinski definition) is 4. The predicted octanol–water partition coefficient (Wildman–Crippen LogP) is 1.81. The monoisotopic (exact) mass is 277 g/mol. The zero-order valence-electron chi connectivity index (χ0n) is 11.4. The number of H-pyrrole nitrogens is 1. The van der Waals surface area contributed by atoms with E-state index in [0.717, 1.165) is 0 Å². The summed E-state index contributed by atoms with van der Waals surface area (Å²) in [6.45, 7) is 1.79. The summed E-state index contributed by atoms with van der Waals surface area (Å²) in [6.07, 6.45) is 0.394. The number of fused-ring (bicyclic) bond motifs is 1. The van der Waals surface area contributed by atoms with Crippen LogP contribution in [0.2, 0.25) is 0 Å². The number of nitrogens with one attached hydrogen (secondary N) is 1. The van der Waals surface area contributed by atoms with E-state index in [4.69, 9.17) is 9.47 Å². The van der Waals surface area contributed by atoms with E-state index in [1.807, 2.05) is 0 Å². The summed E-state index contributed by atoms with van der Waals surface area (Å²) < 4.78 is 10.5. The molecular weight excluding hydrogens is 262 g/mol. The molecule has 1 aromatic carbocycles. The number of aromatic carboxylic acids is 1. The highest BCUT2D eigenvalue weighted by Crippen LogP contribution is 2.34. The normalized spacial score (nSPS) is 10.6. The molecule has 0 spiro atoms. The Morgan fingerprint density at radius 3 is 2.35 bits per heavy atom. The molecule has 0 aliphatic carbocycles. The summed E-state index contributed by atoms with van der Waals surface area (Å²) in [5, 5.41) is 9.80. The molecule has 1 aromatic heterocycles. The second kappa shape index (κ2) is 5.24. The second-order valence-electron chi connectivity index (χ2n) is 4.19. The SMILES string of the molecule is CCc1c(C(=O)O)c(=O)[nH]c2c(OC)ccc(OC)c12. The molecule has 0 bridgehead atoms. The van der Waals surface area contributed by atoms with E-state index >= 15 is 0 Å². The van der Waals surface area contributed by atoms with E-state index in [2.05, 4.69) is 4.98 Å². The molecule has 6 nitrogen and oxygen atoms in total. The Balaban J connectivity index is 3.06. The molecule has 0 radical (unpaired) electrons. The minimum atomic E-state index is -1.25. The number of carboxylic acids is 1. The molecule has 2 N–H and O–H groups in total. The standard InChI is InChI=1S/C14H15NO5/c1-4-7-10-8(19-2)5-6-9(20-3)12(10)15-13(16)11(7)14(17)18/h5-6H,4H2,1-3H3,(H,15,16)(H,17,18). The Morgan fingerprint density at radius 2 is 1.85 bits per heavy atom. The average Bonchev–Trinajstić information content (AvgIpc) is 2.44. The molecule has 0 fully saturated rings. The maximum atomic E-state index is 12.0. The van der Waals surface area contributed by atoms with Crippen molar-refractivity contribution in [1.82, 2.24) is 4.98 Å². The van der Waals surface area contributed by atoms with Crippen LogP contribution in [0.4, 0.5) is 0 Å². The zero-order chi connectivity index (χ0) is 14.9. The third-order valence-electron chi connectivity index (χ3n) is 3.21. The van der Waals surface area contributed by atoms with Crippen LogP contribution in [0.25, 0.3) is 10.9 Å². The Kier molecular flexibility index (Phi) is 3.65. The number of aromatic amines is 1. The average molecular weight is 277 g/mol. The van der Waals surface area contributed by atoms with Gasteiger partial charge in [0.05, 0.1) is 19.7 Å². The number of aryl methyl sites for hydroxylation is 1. The first-order valence-corrected chi connectivity index (χ1v) is 6.08. The molecule has 1 heterocycles. The van der Waals surface area contributed by atoms with Gasteiger partial charge in [0.2, 0.25) is 0 Å². The second-order valence-corrected chi connectivity index (χ2v) is 4.19. The third kappa shape index (κ3) is 1.99. The lowest BCUT2D eigenvalue weighted by Crippen LogP contribution is -2.21. The van der Waals surface area contributed by atoms with E-state index in [-0.39, 0.29) is 5.56 Å². The Labute approximate surface area is 115 Å². The van der Waals surface area contributed by atoms with Crippen molar-refractivity contribution >= 4 is 16.9 Å². The van der Waals surface area contributed by atoms with E-state index in [1.165, 1.54) is 14.2 Å². The minimum absolute atomic E-state index is 0.258. The number of ether oxygens (including phenoxy) is 2. The summed E-state index contributed by atoms with van der Waals surface area (Å²) in [5.74, 6) is -0.296. The van der Waals surface area contributed by atoms with Crippen molar-refractivity contribution in [2.45, 2.75) is 13.3 Å².